The molecule has 6 heteroatoms. The number of hydrazone groups is 1. The van der Waals surface area contributed by atoms with E-state index in [2.05, 4.69) is 11.9 Å². The summed E-state index contributed by atoms with van der Waals surface area (Å²) in [7, 11) is 3.71. The number of benzene rings is 1. The van der Waals surface area contributed by atoms with Crippen molar-refractivity contribution in [2.24, 2.45) is 5.10 Å². The summed E-state index contributed by atoms with van der Waals surface area (Å²) in [6.45, 7) is 0.376. The number of carbonyl (C=O) groups is 1. The average molecular weight is 396 g/mol. The van der Waals surface area contributed by atoms with Crippen molar-refractivity contribution in [2.75, 3.05) is 20.7 Å². The molecule has 0 N–H and O–H groups in total. The molecule has 154 valence electrons. The summed E-state index contributed by atoms with van der Waals surface area (Å²) >= 11 is 0. The topological polar surface area (TPSA) is 58.3 Å². The number of furan rings is 1. The van der Waals surface area contributed by atoms with E-state index in [4.69, 9.17) is 14.3 Å². The van der Waals surface area contributed by atoms with Crippen LogP contribution in [-0.4, -0.2) is 48.3 Å². The van der Waals surface area contributed by atoms with Crippen LogP contribution in [0.1, 0.15) is 55.9 Å². The Labute approximate surface area is 172 Å². The van der Waals surface area contributed by atoms with E-state index in [0.717, 1.165) is 22.8 Å². The van der Waals surface area contributed by atoms with Crippen LogP contribution in [0, 0.1) is 0 Å². The first-order chi connectivity index (χ1) is 14.2. The van der Waals surface area contributed by atoms with Crippen molar-refractivity contribution in [3.8, 4) is 5.75 Å². The van der Waals surface area contributed by atoms with Gasteiger partial charge in [0.05, 0.1) is 25.6 Å². The van der Waals surface area contributed by atoms with Crippen molar-refractivity contribution in [2.45, 2.75) is 50.6 Å². The summed E-state index contributed by atoms with van der Waals surface area (Å²) in [5.74, 6) is 1.59. The number of amides is 1. The van der Waals surface area contributed by atoms with Gasteiger partial charge in [0.15, 0.2) is 0 Å². The van der Waals surface area contributed by atoms with Crippen molar-refractivity contribution in [1.82, 2.24) is 9.91 Å². The van der Waals surface area contributed by atoms with Crippen molar-refractivity contribution < 1.29 is 13.9 Å². The Morgan fingerprint density at radius 1 is 1.21 bits per heavy atom. The number of rotatable bonds is 6. The van der Waals surface area contributed by atoms with Gasteiger partial charge in [-0.15, -0.1) is 0 Å². The minimum absolute atomic E-state index is 0.0167. The van der Waals surface area contributed by atoms with Gasteiger partial charge in [0, 0.05) is 12.5 Å². The molecular weight excluding hydrogens is 366 g/mol. The Bertz CT molecular complexity index is 839. The predicted octanol–water partition coefficient (Wildman–Crippen LogP) is 4.23. The van der Waals surface area contributed by atoms with Gasteiger partial charge in [-0.1, -0.05) is 19.3 Å². The Kier molecular flexibility index (Phi) is 6.00. The molecule has 1 fully saturated rings. The molecule has 1 aromatic carbocycles. The Morgan fingerprint density at radius 3 is 2.62 bits per heavy atom. The number of likely N-dealkylation sites (N-methyl/N-ethyl adjacent to an activating group) is 1. The second kappa shape index (κ2) is 8.82. The van der Waals surface area contributed by atoms with Gasteiger partial charge in [0.2, 0.25) is 0 Å². The van der Waals surface area contributed by atoms with Gasteiger partial charge < -0.3 is 9.15 Å². The molecule has 0 spiro atoms. The van der Waals surface area contributed by atoms with Crippen LogP contribution in [0.25, 0.3) is 0 Å². The Balaban J connectivity index is 1.53. The molecular formula is C23H29N3O3. The molecule has 1 atom stereocenters. The van der Waals surface area contributed by atoms with E-state index in [0.29, 0.717) is 19.0 Å². The summed E-state index contributed by atoms with van der Waals surface area (Å²) in [5.41, 5.74) is 1.89. The number of hydrogen-bond acceptors (Lipinski definition) is 5. The fourth-order valence-electron chi connectivity index (χ4n) is 4.34. The third-order valence-corrected chi connectivity index (χ3v) is 6.04. The number of hydrogen-bond donors (Lipinski definition) is 0. The zero-order chi connectivity index (χ0) is 20.2. The van der Waals surface area contributed by atoms with Gasteiger partial charge in [0.1, 0.15) is 17.6 Å². The van der Waals surface area contributed by atoms with Crippen LogP contribution in [0.15, 0.2) is 52.2 Å². The first kappa shape index (κ1) is 19.7. The van der Waals surface area contributed by atoms with E-state index in [1.54, 1.807) is 18.4 Å². The smallest absolute Gasteiger partial charge is 0.257 e. The molecule has 0 saturated heterocycles. The highest BCUT2D eigenvalue weighted by Gasteiger charge is 2.35. The molecule has 4 rings (SSSR count). The monoisotopic (exact) mass is 395 g/mol. The van der Waals surface area contributed by atoms with E-state index in [1.807, 2.05) is 36.4 Å². The average Bonchev–Trinajstić information content (AvgIpc) is 3.44. The van der Waals surface area contributed by atoms with E-state index in [-0.39, 0.29) is 11.9 Å². The highest BCUT2D eigenvalue weighted by atomic mass is 16.5. The van der Waals surface area contributed by atoms with Crippen molar-refractivity contribution >= 4 is 11.6 Å². The highest BCUT2D eigenvalue weighted by molar-refractivity contribution is 6.03. The van der Waals surface area contributed by atoms with Gasteiger partial charge in [-0.3, -0.25) is 9.69 Å². The fourth-order valence-corrected chi connectivity index (χ4v) is 4.34. The molecule has 0 unspecified atom stereocenters. The molecule has 0 bridgehead atoms. The zero-order valence-corrected chi connectivity index (χ0v) is 17.2. The molecule has 1 amide bonds. The summed E-state index contributed by atoms with van der Waals surface area (Å²) in [6, 6.07) is 11.9. The van der Waals surface area contributed by atoms with Gasteiger partial charge in [-0.05, 0) is 61.9 Å². The van der Waals surface area contributed by atoms with E-state index in [9.17, 15) is 4.79 Å². The van der Waals surface area contributed by atoms with Gasteiger partial charge >= 0.3 is 0 Å². The van der Waals surface area contributed by atoms with Crippen LogP contribution in [0.4, 0.5) is 0 Å². The summed E-state index contributed by atoms with van der Waals surface area (Å²) in [4.78, 5) is 15.4. The zero-order valence-electron chi connectivity index (χ0n) is 17.2. The first-order valence-electron chi connectivity index (χ1n) is 10.4. The van der Waals surface area contributed by atoms with E-state index in [1.165, 1.54) is 32.1 Å². The summed E-state index contributed by atoms with van der Waals surface area (Å²) in [5, 5.41) is 6.35. The molecule has 1 saturated carbocycles. The van der Waals surface area contributed by atoms with Crippen LogP contribution in [0.3, 0.4) is 0 Å². The minimum atomic E-state index is -0.200. The molecule has 1 aliphatic heterocycles. The van der Waals surface area contributed by atoms with Crippen molar-refractivity contribution in [3.63, 3.8) is 0 Å². The van der Waals surface area contributed by atoms with Gasteiger partial charge in [-0.25, -0.2) is 5.01 Å². The summed E-state index contributed by atoms with van der Waals surface area (Å²) < 4.78 is 10.9. The molecule has 1 aromatic heterocycles. The van der Waals surface area contributed by atoms with Crippen LogP contribution in [0.2, 0.25) is 0 Å². The lowest BCUT2D eigenvalue weighted by atomic mass is 9.94. The minimum Gasteiger partial charge on any atom is -0.497 e. The number of carbonyl (C=O) groups excluding carboxylic acids is 1. The largest absolute Gasteiger partial charge is 0.497 e. The lowest BCUT2D eigenvalue weighted by molar-refractivity contribution is -0.135. The third-order valence-electron chi connectivity index (χ3n) is 6.04. The second-order valence-corrected chi connectivity index (χ2v) is 7.96. The Hall–Kier alpha value is -2.60. The van der Waals surface area contributed by atoms with Crippen LogP contribution in [0.5, 0.6) is 5.75 Å². The molecule has 6 nitrogen and oxygen atoms in total. The normalized spacial score (nSPS) is 20.2. The predicted molar refractivity (Wildman–Crippen MR) is 112 cm³/mol. The van der Waals surface area contributed by atoms with Gasteiger partial charge in [-0.2, -0.15) is 5.10 Å². The lowest BCUT2D eigenvalue weighted by Gasteiger charge is -2.32. The molecule has 2 aromatic rings. The fraction of sp³-hybridized carbons (Fsp3) is 0.478. The molecule has 0 radical (unpaired) electrons. The SMILES string of the molecule is COc1ccc(C2=NN(C(=O)CN(C)C3CCCCC3)[C@H](c3ccco3)C2)cc1. The third kappa shape index (κ3) is 4.37. The highest BCUT2D eigenvalue weighted by Crippen LogP contribution is 2.33. The molecule has 2 aliphatic rings. The maximum Gasteiger partial charge on any atom is 0.257 e. The van der Waals surface area contributed by atoms with Crippen molar-refractivity contribution in [1.29, 1.82) is 0 Å². The lowest BCUT2D eigenvalue weighted by Crippen LogP contribution is -2.41. The van der Waals surface area contributed by atoms with Crippen LogP contribution >= 0.6 is 0 Å². The number of ether oxygens (including phenoxy) is 1. The first-order valence-corrected chi connectivity index (χ1v) is 10.4. The standard InChI is InChI=1S/C23H29N3O3/c1-25(18-7-4-3-5-8-18)16-23(27)26-21(22-9-6-14-29-22)15-20(24-26)17-10-12-19(28-2)13-11-17/h6,9-14,18,21H,3-5,7-8,15-16H2,1-2H3/t21-/m0/s1. The van der Waals surface area contributed by atoms with E-state index >= 15 is 0 Å². The maximum absolute atomic E-state index is 13.2. The summed E-state index contributed by atoms with van der Waals surface area (Å²) in [6.07, 6.45) is 8.44. The van der Waals surface area contributed by atoms with Gasteiger partial charge in [0.25, 0.3) is 5.91 Å². The maximum atomic E-state index is 13.2. The molecule has 29 heavy (non-hydrogen) atoms. The van der Waals surface area contributed by atoms with E-state index < -0.39 is 0 Å². The number of methoxy groups -OCH3 is 1. The number of nitrogens with zero attached hydrogens (tertiary/aromatic N) is 3. The van der Waals surface area contributed by atoms with Crippen LogP contribution < -0.4 is 4.74 Å². The molecule has 2 heterocycles. The molecule has 1 aliphatic carbocycles. The van der Waals surface area contributed by atoms with Crippen molar-refractivity contribution in [3.05, 3.63) is 54.0 Å². The van der Waals surface area contributed by atoms with Crippen LogP contribution in [-0.2, 0) is 4.79 Å². The second-order valence-electron chi connectivity index (χ2n) is 7.96. The Morgan fingerprint density at radius 2 is 1.97 bits per heavy atom. The quantitative estimate of drug-likeness (QED) is 0.734.